The van der Waals surface area contributed by atoms with Crippen LogP contribution in [-0.4, -0.2) is 48.2 Å². The smallest absolute Gasteiger partial charge is 0.381 e. The number of methoxy groups -OCH3 is 1. The lowest BCUT2D eigenvalue weighted by molar-refractivity contribution is -0.384. The number of likely N-dealkylation sites (tertiary alicyclic amines) is 1. The van der Waals surface area contributed by atoms with Crippen LogP contribution in [0.1, 0.15) is 44.1 Å². The molecule has 2 fully saturated rings. The van der Waals surface area contributed by atoms with Gasteiger partial charge in [-0.1, -0.05) is 15.9 Å². The Bertz CT molecular complexity index is 731. The lowest BCUT2D eigenvalue weighted by atomic mass is 9.90. The first-order valence-electron chi connectivity index (χ1n) is 9.77. The Kier molecular flexibility index (Phi) is 7.06. The molecule has 1 N–H and O–H groups in total. The predicted octanol–water partition coefficient (Wildman–Crippen LogP) is 5.21. The van der Waals surface area contributed by atoms with Gasteiger partial charge in [-0.15, -0.1) is 0 Å². The fourth-order valence-corrected chi connectivity index (χ4v) is 4.89. The Morgan fingerprint density at radius 2 is 1.79 bits per heavy atom. The van der Waals surface area contributed by atoms with Crippen molar-refractivity contribution < 1.29 is 22.8 Å². The number of nitro groups is 1. The average molecular weight is 480 g/mol. The molecule has 0 spiro atoms. The molecule has 0 unspecified atom stereocenters. The van der Waals surface area contributed by atoms with Crippen molar-refractivity contribution in [1.29, 1.82) is 0 Å². The lowest BCUT2D eigenvalue weighted by Crippen LogP contribution is -2.46. The largest absolute Gasteiger partial charge is 0.417 e. The summed E-state index contributed by atoms with van der Waals surface area (Å²) in [6.07, 6.45) is 1.61. The van der Waals surface area contributed by atoms with Crippen molar-refractivity contribution in [3.05, 3.63) is 32.3 Å². The minimum atomic E-state index is -4.66. The minimum absolute atomic E-state index is 0.0103. The van der Waals surface area contributed by atoms with E-state index in [1.54, 1.807) is 7.11 Å². The van der Waals surface area contributed by atoms with Crippen LogP contribution in [0.3, 0.4) is 0 Å². The summed E-state index contributed by atoms with van der Waals surface area (Å²) in [5.74, 6) is 0. The van der Waals surface area contributed by atoms with E-state index in [-0.39, 0.29) is 16.2 Å². The zero-order chi connectivity index (χ0) is 21.2. The monoisotopic (exact) mass is 479 g/mol. The zero-order valence-electron chi connectivity index (χ0n) is 16.2. The Labute approximate surface area is 176 Å². The number of nitro benzene ring substituents is 1. The fraction of sp³-hybridized carbons (Fsp3) is 0.684. The van der Waals surface area contributed by atoms with E-state index in [4.69, 9.17) is 4.74 Å². The Balaban J connectivity index is 1.63. The van der Waals surface area contributed by atoms with Crippen LogP contribution in [0.5, 0.6) is 0 Å². The highest BCUT2D eigenvalue weighted by Gasteiger charge is 2.36. The number of ether oxygens (including phenoxy) is 1. The highest BCUT2D eigenvalue weighted by molar-refractivity contribution is 9.10. The lowest BCUT2D eigenvalue weighted by Gasteiger charge is -2.40. The molecular formula is C19H25BrF3N3O3. The SMILES string of the molecule is CO[C@H]1CC[C@@H](N2CCC(Nc3cc(Br)c(C(F)(F)F)cc3[N+](=O)[O-])CC2)CC1. The van der Waals surface area contributed by atoms with E-state index < -0.39 is 22.4 Å². The van der Waals surface area contributed by atoms with Crippen LogP contribution in [0.2, 0.25) is 0 Å². The normalized spacial score (nSPS) is 24.4. The number of piperidine rings is 1. The number of rotatable bonds is 5. The van der Waals surface area contributed by atoms with Crippen LogP contribution >= 0.6 is 15.9 Å². The van der Waals surface area contributed by atoms with E-state index in [1.807, 2.05) is 0 Å². The number of halogens is 4. The molecule has 162 valence electrons. The highest BCUT2D eigenvalue weighted by atomic mass is 79.9. The van der Waals surface area contributed by atoms with Gasteiger partial charge < -0.3 is 15.0 Å². The molecule has 0 aromatic heterocycles. The molecule has 0 radical (unpaired) electrons. The maximum atomic E-state index is 13.1. The highest BCUT2D eigenvalue weighted by Crippen LogP contribution is 2.41. The van der Waals surface area contributed by atoms with E-state index in [0.29, 0.717) is 18.2 Å². The second-order valence-corrected chi connectivity index (χ2v) is 8.58. The Morgan fingerprint density at radius 3 is 2.31 bits per heavy atom. The number of hydrogen-bond donors (Lipinski definition) is 1. The van der Waals surface area contributed by atoms with Crippen molar-refractivity contribution >= 4 is 27.3 Å². The fourth-order valence-electron chi connectivity index (χ4n) is 4.32. The third kappa shape index (κ3) is 5.40. The molecule has 29 heavy (non-hydrogen) atoms. The molecule has 0 bridgehead atoms. The number of anilines is 1. The molecule has 0 amide bonds. The quantitative estimate of drug-likeness (QED) is 0.463. The third-order valence-corrected chi connectivity index (χ3v) is 6.63. The second kappa shape index (κ2) is 9.18. The predicted molar refractivity (Wildman–Crippen MR) is 107 cm³/mol. The molecule has 1 aliphatic heterocycles. The first kappa shape index (κ1) is 22.3. The van der Waals surface area contributed by atoms with Gasteiger partial charge in [0.1, 0.15) is 5.69 Å². The van der Waals surface area contributed by atoms with Gasteiger partial charge in [0.25, 0.3) is 5.69 Å². The van der Waals surface area contributed by atoms with Gasteiger partial charge in [0, 0.05) is 42.8 Å². The van der Waals surface area contributed by atoms with E-state index in [1.165, 1.54) is 6.07 Å². The maximum Gasteiger partial charge on any atom is 0.417 e. The van der Waals surface area contributed by atoms with Gasteiger partial charge in [-0.3, -0.25) is 10.1 Å². The second-order valence-electron chi connectivity index (χ2n) is 7.72. The van der Waals surface area contributed by atoms with Gasteiger partial charge in [-0.2, -0.15) is 13.2 Å². The summed E-state index contributed by atoms with van der Waals surface area (Å²) in [4.78, 5) is 13.0. The van der Waals surface area contributed by atoms with Crippen molar-refractivity contribution in [3.63, 3.8) is 0 Å². The first-order valence-corrected chi connectivity index (χ1v) is 10.6. The summed E-state index contributed by atoms with van der Waals surface area (Å²) >= 11 is 2.90. The average Bonchev–Trinajstić information content (AvgIpc) is 2.67. The van der Waals surface area contributed by atoms with Crippen molar-refractivity contribution in [2.75, 3.05) is 25.5 Å². The van der Waals surface area contributed by atoms with E-state index in [9.17, 15) is 23.3 Å². The molecule has 1 aromatic carbocycles. The molecule has 3 rings (SSSR count). The summed E-state index contributed by atoms with van der Waals surface area (Å²) in [7, 11) is 1.75. The molecular weight excluding hydrogens is 455 g/mol. The number of alkyl halides is 3. The topological polar surface area (TPSA) is 67.6 Å². The van der Waals surface area contributed by atoms with Crippen molar-refractivity contribution in [2.45, 2.75) is 62.9 Å². The van der Waals surface area contributed by atoms with Crippen LogP contribution in [0, 0.1) is 10.1 Å². The van der Waals surface area contributed by atoms with Crippen molar-refractivity contribution in [3.8, 4) is 0 Å². The summed E-state index contributed by atoms with van der Waals surface area (Å²) in [5.41, 5.74) is -1.48. The zero-order valence-corrected chi connectivity index (χ0v) is 17.8. The van der Waals surface area contributed by atoms with E-state index >= 15 is 0 Å². The minimum Gasteiger partial charge on any atom is -0.381 e. The van der Waals surface area contributed by atoms with Gasteiger partial charge in [-0.25, -0.2) is 0 Å². The summed E-state index contributed by atoms with van der Waals surface area (Å²) in [5, 5.41) is 14.4. The molecule has 1 saturated carbocycles. The molecule has 1 aromatic rings. The van der Waals surface area contributed by atoms with Crippen molar-refractivity contribution in [1.82, 2.24) is 4.90 Å². The number of benzene rings is 1. The molecule has 1 saturated heterocycles. The third-order valence-electron chi connectivity index (χ3n) is 5.97. The van der Waals surface area contributed by atoms with Gasteiger partial charge in [0.05, 0.1) is 16.6 Å². The van der Waals surface area contributed by atoms with Gasteiger partial charge in [-0.05, 0) is 44.6 Å². The molecule has 1 aliphatic carbocycles. The summed E-state index contributed by atoms with van der Waals surface area (Å²) < 4.78 is 44.4. The molecule has 6 nitrogen and oxygen atoms in total. The van der Waals surface area contributed by atoms with Crippen LogP contribution in [0.4, 0.5) is 24.5 Å². The first-order chi connectivity index (χ1) is 13.7. The Hall–Kier alpha value is -1.39. The summed E-state index contributed by atoms with van der Waals surface area (Å²) in [6, 6.07) is 2.29. The van der Waals surface area contributed by atoms with Crippen LogP contribution in [0.15, 0.2) is 16.6 Å². The molecule has 10 heteroatoms. The number of nitrogens with zero attached hydrogens (tertiary/aromatic N) is 2. The van der Waals surface area contributed by atoms with Gasteiger partial charge in [0.2, 0.25) is 0 Å². The van der Waals surface area contributed by atoms with Gasteiger partial charge >= 0.3 is 6.18 Å². The van der Waals surface area contributed by atoms with Crippen LogP contribution < -0.4 is 5.32 Å². The van der Waals surface area contributed by atoms with Crippen LogP contribution in [0.25, 0.3) is 0 Å². The van der Waals surface area contributed by atoms with E-state index in [2.05, 4.69) is 26.1 Å². The van der Waals surface area contributed by atoms with Crippen molar-refractivity contribution in [2.24, 2.45) is 0 Å². The molecule has 1 heterocycles. The number of hydrogen-bond acceptors (Lipinski definition) is 5. The Morgan fingerprint density at radius 1 is 1.17 bits per heavy atom. The molecule has 0 atom stereocenters. The maximum absolute atomic E-state index is 13.1. The summed E-state index contributed by atoms with van der Waals surface area (Å²) in [6.45, 7) is 1.74. The van der Waals surface area contributed by atoms with E-state index in [0.717, 1.165) is 51.6 Å². The van der Waals surface area contributed by atoms with Crippen LogP contribution in [-0.2, 0) is 10.9 Å². The molecule has 2 aliphatic rings. The standard InChI is InChI=1S/C19H25BrF3N3O3/c1-29-14-4-2-13(3-5-14)25-8-6-12(7-9-25)24-17-11-16(20)15(19(21,22)23)10-18(17)26(27)28/h10-14,24H,2-9H2,1H3/t13-,14+. The van der Waals surface area contributed by atoms with Gasteiger partial charge in [0.15, 0.2) is 0 Å². The number of nitrogens with one attached hydrogen (secondary N) is 1.